The van der Waals surface area contributed by atoms with Crippen LogP contribution in [0.25, 0.3) is 10.4 Å². The summed E-state index contributed by atoms with van der Waals surface area (Å²) in [4.78, 5) is 68.5. The zero-order chi connectivity index (χ0) is 59.6. The summed E-state index contributed by atoms with van der Waals surface area (Å²) >= 11 is 14.5. The first kappa shape index (κ1) is 64.0. The van der Waals surface area contributed by atoms with Gasteiger partial charge in [-0.2, -0.15) is 0 Å². The minimum Gasteiger partial charge on any atom is -0.491 e. The maximum atomic E-state index is 14.4. The van der Waals surface area contributed by atoms with Crippen LogP contribution in [-0.4, -0.2) is 150 Å². The Morgan fingerprint density at radius 3 is 2.29 bits per heavy atom. The number of nitrogens with zero attached hydrogens (tertiary/aromatic N) is 5. The van der Waals surface area contributed by atoms with Gasteiger partial charge in [0.2, 0.25) is 29.4 Å². The van der Waals surface area contributed by atoms with Crippen LogP contribution in [0.3, 0.4) is 0 Å². The lowest BCUT2D eigenvalue weighted by Crippen LogP contribution is -2.58. The van der Waals surface area contributed by atoms with Crippen molar-refractivity contribution in [2.45, 2.75) is 130 Å². The second-order valence-electron chi connectivity index (χ2n) is 23.8. The number of ether oxygens (including phenoxy) is 5. The van der Waals surface area contributed by atoms with Crippen LogP contribution >= 0.6 is 34.5 Å². The lowest BCUT2D eigenvalue weighted by atomic mass is 9.85. The summed E-state index contributed by atoms with van der Waals surface area (Å²) in [6.07, 6.45) is 6.03. The molecule has 6 atom stereocenters. The molecule has 0 saturated carbocycles. The number of carbonyl (C=O) groups excluding carboxylic acids is 4. The fourth-order valence-electron chi connectivity index (χ4n) is 10.4. The summed E-state index contributed by atoms with van der Waals surface area (Å²) in [6, 6.07) is 19.0. The number of likely N-dealkylation sites (tertiary alicyclic amines) is 1. The number of nitrogens with one attached hydrogen (secondary N) is 2. The van der Waals surface area contributed by atoms with E-state index in [0.717, 1.165) is 27.4 Å². The van der Waals surface area contributed by atoms with Gasteiger partial charge in [0.15, 0.2) is 0 Å². The summed E-state index contributed by atoms with van der Waals surface area (Å²) in [6.45, 7) is 26.1. The molecule has 3 fully saturated rings. The molecule has 1 aromatic heterocycles. The fraction of sp³-hybridized carbons (Fsp3) is 0.532. The van der Waals surface area contributed by atoms with Gasteiger partial charge in [0.05, 0.1) is 64.5 Å². The number of hydrogen-bond acceptors (Lipinski definition) is 14. The molecule has 3 N–H and O–H groups in total. The van der Waals surface area contributed by atoms with Crippen LogP contribution in [0.15, 0.2) is 97.3 Å². The Kier molecular flexibility index (Phi) is 21.8. The molecule has 4 heterocycles. The lowest BCUT2D eigenvalue weighted by molar-refractivity contribution is -0.184. The zero-order valence-electron chi connectivity index (χ0n) is 49.2. The quantitative estimate of drug-likeness (QED) is 0.0571. The first-order valence-corrected chi connectivity index (χ1v) is 29.8. The molecule has 0 aliphatic carbocycles. The van der Waals surface area contributed by atoms with E-state index < -0.39 is 46.3 Å². The number of benzene rings is 3. The average Bonchev–Trinajstić information content (AvgIpc) is 4.40. The number of piperazine rings is 1. The van der Waals surface area contributed by atoms with Gasteiger partial charge in [0, 0.05) is 61.5 Å². The van der Waals surface area contributed by atoms with Gasteiger partial charge in [-0.05, 0) is 127 Å². The zero-order valence-corrected chi connectivity index (χ0v) is 51.5. The van der Waals surface area contributed by atoms with Crippen molar-refractivity contribution in [1.29, 1.82) is 0 Å². The van der Waals surface area contributed by atoms with Gasteiger partial charge in [-0.25, -0.2) is 4.98 Å². The summed E-state index contributed by atoms with van der Waals surface area (Å²) in [7, 11) is 0. The Morgan fingerprint density at radius 2 is 1.67 bits per heavy atom. The first-order chi connectivity index (χ1) is 38.8. The van der Waals surface area contributed by atoms with Crippen molar-refractivity contribution in [2.75, 3.05) is 77.2 Å². The van der Waals surface area contributed by atoms with Crippen LogP contribution in [0.5, 0.6) is 5.75 Å². The number of thiazole rings is 1. The van der Waals surface area contributed by atoms with E-state index in [9.17, 15) is 24.3 Å². The Labute approximate surface area is 498 Å². The fourth-order valence-corrected chi connectivity index (χ4v) is 11.8. The van der Waals surface area contributed by atoms with Crippen LogP contribution in [0, 0.1) is 18.3 Å². The Hall–Kier alpha value is -5.57. The largest absolute Gasteiger partial charge is 0.491 e. The first-order valence-electron chi connectivity index (χ1n) is 28.2. The molecule has 0 radical (unpaired) electrons. The van der Waals surface area contributed by atoms with Crippen molar-refractivity contribution < 1.29 is 48.0 Å². The number of aliphatic hydroxyl groups is 1. The van der Waals surface area contributed by atoms with E-state index in [1.165, 1.54) is 4.90 Å². The number of aromatic nitrogens is 1. The Bertz CT molecular complexity index is 2850. The van der Waals surface area contributed by atoms with Crippen LogP contribution < -0.4 is 20.3 Å². The van der Waals surface area contributed by atoms with E-state index in [1.807, 2.05) is 151 Å². The molecule has 2 unspecified atom stereocenters. The maximum Gasteiger partial charge on any atom is 0.246 e. The van der Waals surface area contributed by atoms with Gasteiger partial charge in [-0.1, -0.05) is 87.0 Å². The normalized spacial score (nSPS) is 20.5. The van der Waals surface area contributed by atoms with Gasteiger partial charge in [0.1, 0.15) is 37.2 Å². The number of aryl methyl sites for hydroxylation is 1. The van der Waals surface area contributed by atoms with E-state index in [0.29, 0.717) is 66.9 Å². The smallest absolute Gasteiger partial charge is 0.246 e. The molecule has 4 amide bonds. The molecular formula is C62H83Cl2N7O10S. The minimum absolute atomic E-state index is 0.00880. The van der Waals surface area contributed by atoms with E-state index in [-0.39, 0.29) is 75.9 Å². The summed E-state index contributed by atoms with van der Waals surface area (Å²) in [5.74, 6) is -1.97. The number of halogens is 2. The molecule has 3 aliphatic heterocycles. The monoisotopic (exact) mass is 1190 g/mol. The van der Waals surface area contributed by atoms with E-state index in [1.54, 1.807) is 29.7 Å². The summed E-state index contributed by atoms with van der Waals surface area (Å²) in [5.41, 5.74) is 4.15. The predicted molar refractivity (Wildman–Crippen MR) is 322 cm³/mol. The molecule has 4 aromatic rings. The third-order valence-electron chi connectivity index (χ3n) is 15.2. The minimum atomic E-state index is -1.17. The van der Waals surface area contributed by atoms with Gasteiger partial charge >= 0.3 is 0 Å². The SMILES string of the molecule is C=CN(/C=C\C)C[C@]1(c2ccc(Cl)cc2Cl)OC[C@H](COc2ccc(N3CCN(C(=O)CC(C)(C)OCCC(C)(C)OCC(=O)NC(C(=O)N4C[C@H](CO)C[C@H]4C(=O)NC(C)c4ccc(-c5scnc5C)cc4)C(C)(C)C)CC3)cc2)O1. The highest BCUT2D eigenvalue weighted by atomic mass is 35.5. The number of anilines is 1. The average molecular weight is 1190 g/mol. The number of hydrogen-bond donors (Lipinski definition) is 3. The van der Waals surface area contributed by atoms with Crippen LogP contribution in [0.2, 0.25) is 10.0 Å². The van der Waals surface area contributed by atoms with Crippen LogP contribution in [0.4, 0.5) is 5.69 Å². The number of amides is 4. The third-order valence-corrected chi connectivity index (χ3v) is 16.8. The van der Waals surface area contributed by atoms with Crippen molar-refractivity contribution in [3.63, 3.8) is 0 Å². The van der Waals surface area contributed by atoms with Crippen molar-refractivity contribution in [3.8, 4) is 16.2 Å². The molecule has 20 heteroatoms. The van der Waals surface area contributed by atoms with Gasteiger partial charge in [-0.3, -0.25) is 19.2 Å². The maximum absolute atomic E-state index is 14.4. The Morgan fingerprint density at radius 1 is 0.963 bits per heavy atom. The van der Waals surface area contributed by atoms with Gasteiger partial charge in [-0.15, -0.1) is 11.3 Å². The lowest BCUT2D eigenvalue weighted by Gasteiger charge is -2.37. The van der Waals surface area contributed by atoms with E-state index >= 15 is 0 Å². The number of carbonyl (C=O) groups is 4. The molecule has 3 aromatic carbocycles. The summed E-state index contributed by atoms with van der Waals surface area (Å²) < 4.78 is 31.5. The number of allylic oxidation sites excluding steroid dienone is 1. The van der Waals surface area contributed by atoms with Crippen LogP contribution in [-0.2, 0) is 43.9 Å². The number of aliphatic hydroxyl groups excluding tert-OH is 1. The molecule has 3 saturated heterocycles. The van der Waals surface area contributed by atoms with Crippen molar-refractivity contribution in [2.24, 2.45) is 11.3 Å². The van der Waals surface area contributed by atoms with Crippen LogP contribution in [0.1, 0.15) is 104 Å². The highest BCUT2D eigenvalue weighted by Gasteiger charge is 2.47. The third kappa shape index (κ3) is 16.8. The highest BCUT2D eigenvalue weighted by molar-refractivity contribution is 7.13. The molecule has 0 bridgehead atoms. The molecule has 0 spiro atoms. The van der Waals surface area contributed by atoms with Gasteiger partial charge < -0.3 is 59.0 Å². The molecule has 7 rings (SSSR count). The molecule has 446 valence electrons. The molecular weight excluding hydrogens is 1110 g/mol. The van der Waals surface area contributed by atoms with Crippen molar-refractivity contribution in [3.05, 3.63) is 124 Å². The molecule has 82 heavy (non-hydrogen) atoms. The highest BCUT2D eigenvalue weighted by Crippen LogP contribution is 2.41. The van der Waals surface area contributed by atoms with Crippen molar-refractivity contribution in [1.82, 2.24) is 30.3 Å². The second kappa shape index (κ2) is 27.9. The standard InChI is InChI=1S/C62H83Cl2N7O10S/c1-12-25-68(13-2)39-62(50-23-18-46(63)32-51(50)64)80-37-49(81-62)36-77-48-21-19-47(20-22-48)69-26-28-70(29-27-69)54(74)33-61(10,11)78-30-24-60(8,9)79-38-53(73)67-56(59(5,6)7)58(76)71-34-43(35-72)31-52(71)57(75)66-41(3)44-14-16-45(17-15-44)55-42(4)65-40-82-55/h12-23,25,32,40-41,43,49,52,56,72H,2,24,26-31,33-39H2,1,3-11H3,(H,66,75)(H,67,73)/b25-12-/t41?,43-,49+,52+,56?,62+/m1/s1. The molecule has 3 aliphatic rings. The second-order valence-corrected chi connectivity index (χ2v) is 25.5. The molecule has 17 nitrogen and oxygen atoms in total. The van der Waals surface area contributed by atoms with E-state index in [2.05, 4.69) is 27.1 Å². The predicted octanol–water partition coefficient (Wildman–Crippen LogP) is 9.69. The van der Waals surface area contributed by atoms with Gasteiger partial charge in [0.25, 0.3) is 0 Å². The van der Waals surface area contributed by atoms with E-state index in [4.69, 9.17) is 46.9 Å². The van der Waals surface area contributed by atoms with Crippen molar-refractivity contribution >= 4 is 63.9 Å². The topological polar surface area (TPSA) is 185 Å². The summed E-state index contributed by atoms with van der Waals surface area (Å²) in [5, 5.41) is 17.1. The number of rotatable bonds is 25. The Balaban J connectivity index is 0.824.